The molecule has 0 atom stereocenters. The molecule has 3 heteroatoms. The smallest absolute Gasteiger partial charge is 0.138 e. The van der Waals surface area contributed by atoms with Crippen molar-refractivity contribution in [2.45, 2.75) is 37.5 Å². The van der Waals surface area contributed by atoms with Crippen LogP contribution in [-0.4, -0.2) is 6.54 Å². The molecule has 96 valence electrons. The fourth-order valence-electron chi connectivity index (χ4n) is 3.26. The van der Waals surface area contributed by atoms with Crippen molar-refractivity contribution in [2.24, 2.45) is 5.73 Å². The monoisotopic (exact) mass is 307 g/mol. The summed E-state index contributed by atoms with van der Waals surface area (Å²) < 4.78 is 6.79. The van der Waals surface area contributed by atoms with E-state index < -0.39 is 0 Å². The molecule has 1 fully saturated rings. The van der Waals surface area contributed by atoms with Gasteiger partial charge in [0.15, 0.2) is 0 Å². The van der Waals surface area contributed by atoms with Crippen LogP contribution in [0.5, 0.6) is 0 Å². The fourth-order valence-corrected chi connectivity index (χ4v) is 3.66. The van der Waals surface area contributed by atoms with Crippen LogP contribution in [0.25, 0.3) is 11.0 Å². The van der Waals surface area contributed by atoms with E-state index in [1.165, 1.54) is 37.7 Å². The van der Waals surface area contributed by atoms with Gasteiger partial charge in [-0.3, -0.25) is 0 Å². The molecule has 1 saturated carbocycles. The van der Waals surface area contributed by atoms with Crippen LogP contribution in [-0.2, 0) is 5.41 Å². The largest absolute Gasteiger partial charge is 0.463 e. The quantitative estimate of drug-likeness (QED) is 0.895. The van der Waals surface area contributed by atoms with Crippen molar-refractivity contribution in [1.82, 2.24) is 0 Å². The third-order valence-electron chi connectivity index (χ3n) is 4.33. The highest BCUT2D eigenvalue weighted by molar-refractivity contribution is 9.10. The highest BCUT2D eigenvalue weighted by Crippen LogP contribution is 2.42. The average molecular weight is 308 g/mol. The van der Waals surface area contributed by atoms with Gasteiger partial charge in [0.1, 0.15) is 11.8 Å². The van der Waals surface area contributed by atoms with Crippen LogP contribution in [0.1, 0.15) is 37.7 Å². The first kappa shape index (κ1) is 12.2. The molecule has 0 saturated heterocycles. The van der Waals surface area contributed by atoms with Crippen LogP contribution >= 0.6 is 15.9 Å². The number of hydrogen-bond acceptors (Lipinski definition) is 2. The Morgan fingerprint density at radius 3 is 2.72 bits per heavy atom. The van der Waals surface area contributed by atoms with Crippen LogP contribution in [0, 0.1) is 0 Å². The van der Waals surface area contributed by atoms with Gasteiger partial charge in [-0.25, -0.2) is 0 Å². The number of para-hydroxylation sites is 1. The summed E-state index contributed by atoms with van der Waals surface area (Å²) in [5.41, 5.74) is 8.54. The zero-order valence-corrected chi connectivity index (χ0v) is 12.0. The summed E-state index contributed by atoms with van der Waals surface area (Å²) in [6, 6.07) is 6.40. The predicted octanol–water partition coefficient (Wildman–Crippen LogP) is 4.36. The molecule has 3 rings (SSSR count). The molecule has 2 N–H and O–H groups in total. The summed E-state index contributed by atoms with van der Waals surface area (Å²) in [6.45, 7) is 0.713. The Morgan fingerprint density at radius 2 is 2.00 bits per heavy atom. The van der Waals surface area contributed by atoms with Gasteiger partial charge < -0.3 is 10.2 Å². The van der Waals surface area contributed by atoms with Crippen molar-refractivity contribution in [1.29, 1.82) is 0 Å². The highest BCUT2D eigenvalue weighted by atomic mass is 79.9. The Morgan fingerprint density at radius 1 is 1.22 bits per heavy atom. The molecule has 0 unspecified atom stereocenters. The molecule has 0 aliphatic heterocycles. The molecule has 1 heterocycles. The number of furan rings is 1. The number of fused-ring (bicyclic) bond motifs is 1. The molecule has 1 aliphatic carbocycles. The maximum absolute atomic E-state index is 6.11. The second-order valence-electron chi connectivity index (χ2n) is 5.31. The predicted molar refractivity (Wildman–Crippen MR) is 77.7 cm³/mol. The van der Waals surface area contributed by atoms with Crippen molar-refractivity contribution in [3.63, 3.8) is 0 Å². The first-order valence-electron chi connectivity index (χ1n) is 6.63. The molecule has 2 nitrogen and oxygen atoms in total. The Hall–Kier alpha value is -0.800. The third-order valence-corrected chi connectivity index (χ3v) is 4.94. The van der Waals surface area contributed by atoms with E-state index >= 15 is 0 Å². The zero-order valence-electron chi connectivity index (χ0n) is 10.4. The van der Waals surface area contributed by atoms with Crippen molar-refractivity contribution >= 4 is 26.9 Å². The van der Waals surface area contributed by atoms with Crippen LogP contribution in [0.15, 0.2) is 33.4 Å². The molecule has 1 aromatic heterocycles. The minimum absolute atomic E-state index is 0.120. The van der Waals surface area contributed by atoms with Crippen molar-refractivity contribution < 1.29 is 4.42 Å². The lowest BCUT2D eigenvalue weighted by Gasteiger charge is -2.36. The van der Waals surface area contributed by atoms with Crippen LogP contribution in [0.2, 0.25) is 0 Å². The van der Waals surface area contributed by atoms with Gasteiger partial charge in [0.05, 0.1) is 4.47 Å². The van der Waals surface area contributed by atoms with Crippen molar-refractivity contribution in [3.05, 3.63) is 34.5 Å². The van der Waals surface area contributed by atoms with Gasteiger partial charge in [-0.1, -0.05) is 31.4 Å². The molecule has 2 aromatic rings. The molecule has 0 bridgehead atoms. The summed E-state index contributed by atoms with van der Waals surface area (Å²) in [5, 5.41) is 1.16. The highest BCUT2D eigenvalue weighted by Gasteiger charge is 2.34. The number of rotatable bonds is 2. The molecular weight excluding hydrogens is 290 g/mol. The second kappa shape index (κ2) is 4.71. The maximum atomic E-state index is 6.11. The summed E-state index contributed by atoms with van der Waals surface area (Å²) in [7, 11) is 0. The molecule has 0 spiro atoms. The summed E-state index contributed by atoms with van der Waals surface area (Å²) >= 11 is 3.54. The van der Waals surface area contributed by atoms with E-state index in [4.69, 9.17) is 10.2 Å². The topological polar surface area (TPSA) is 39.2 Å². The fraction of sp³-hybridized carbons (Fsp3) is 0.467. The van der Waals surface area contributed by atoms with Crippen LogP contribution in [0.4, 0.5) is 0 Å². The van der Waals surface area contributed by atoms with Gasteiger partial charge >= 0.3 is 0 Å². The van der Waals surface area contributed by atoms with E-state index in [1.807, 2.05) is 0 Å². The minimum Gasteiger partial charge on any atom is -0.463 e. The van der Waals surface area contributed by atoms with Crippen LogP contribution in [0.3, 0.4) is 0 Å². The van der Waals surface area contributed by atoms with E-state index in [9.17, 15) is 0 Å². The third kappa shape index (κ3) is 1.81. The number of hydrogen-bond donors (Lipinski definition) is 1. The standard InChI is InChI=1S/C15H18BrNO/c16-13-9-18-14-11(13)5-4-6-12(14)15(10-17)7-2-1-3-8-15/h4-6,9H,1-3,7-8,10,17H2. The summed E-state index contributed by atoms with van der Waals surface area (Å²) in [6.07, 6.45) is 8.02. The van der Waals surface area contributed by atoms with Gasteiger partial charge in [-0.2, -0.15) is 0 Å². The Labute approximate surface area is 116 Å². The Kier molecular flexibility index (Phi) is 3.20. The second-order valence-corrected chi connectivity index (χ2v) is 6.17. The van der Waals surface area contributed by atoms with E-state index in [0.717, 1.165) is 15.4 Å². The van der Waals surface area contributed by atoms with E-state index in [-0.39, 0.29) is 5.41 Å². The number of benzene rings is 1. The van der Waals surface area contributed by atoms with E-state index in [0.29, 0.717) is 6.54 Å². The molecule has 1 aliphatic rings. The Balaban J connectivity index is 2.17. The molecule has 0 amide bonds. The molecular formula is C15H18BrNO. The van der Waals surface area contributed by atoms with Gasteiger partial charge in [0.2, 0.25) is 0 Å². The molecule has 1 aromatic carbocycles. The summed E-state index contributed by atoms with van der Waals surface area (Å²) in [5.74, 6) is 0. The van der Waals surface area contributed by atoms with Gasteiger partial charge in [-0.15, -0.1) is 0 Å². The lowest BCUT2D eigenvalue weighted by Crippen LogP contribution is -2.37. The summed E-state index contributed by atoms with van der Waals surface area (Å²) in [4.78, 5) is 0. The lowest BCUT2D eigenvalue weighted by molar-refractivity contribution is 0.300. The van der Waals surface area contributed by atoms with E-state index in [2.05, 4.69) is 34.1 Å². The van der Waals surface area contributed by atoms with Gasteiger partial charge in [0.25, 0.3) is 0 Å². The molecule has 18 heavy (non-hydrogen) atoms. The normalized spacial score (nSPS) is 19.2. The van der Waals surface area contributed by atoms with Crippen LogP contribution < -0.4 is 5.73 Å². The number of halogens is 1. The zero-order chi connectivity index (χ0) is 12.6. The average Bonchev–Trinajstić information content (AvgIpc) is 2.81. The first-order chi connectivity index (χ1) is 8.77. The van der Waals surface area contributed by atoms with E-state index in [1.54, 1.807) is 6.26 Å². The first-order valence-corrected chi connectivity index (χ1v) is 7.42. The van der Waals surface area contributed by atoms with Gasteiger partial charge in [-0.05, 0) is 34.8 Å². The minimum atomic E-state index is 0.120. The Bertz CT molecular complexity index is 555. The van der Waals surface area contributed by atoms with Gasteiger partial charge in [0, 0.05) is 22.9 Å². The number of nitrogens with two attached hydrogens (primary N) is 1. The van der Waals surface area contributed by atoms with Crippen molar-refractivity contribution in [3.8, 4) is 0 Å². The molecule has 0 radical (unpaired) electrons. The SMILES string of the molecule is NCC1(c2cccc3c(Br)coc23)CCCCC1. The lowest BCUT2D eigenvalue weighted by atomic mass is 9.69. The van der Waals surface area contributed by atoms with Crippen molar-refractivity contribution in [2.75, 3.05) is 6.54 Å². The maximum Gasteiger partial charge on any atom is 0.138 e.